The Bertz CT molecular complexity index is 1010. The molecule has 0 radical (unpaired) electrons. The molecule has 3 nitrogen and oxygen atoms in total. The molecule has 2 aromatic carbocycles. The number of benzene rings is 2. The Morgan fingerprint density at radius 1 is 0.897 bits per heavy atom. The summed E-state index contributed by atoms with van der Waals surface area (Å²) < 4.78 is 0. The van der Waals surface area contributed by atoms with Crippen molar-refractivity contribution in [1.29, 1.82) is 0 Å². The van der Waals surface area contributed by atoms with E-state index in [1.54, 1.807) is 6.20 Å². The van der Waals surface area contributed by atoms with E-state index in [1.807, 2.05) is 18.3 Å². The number of hydrogen-bond donors (Lipinski definition) is 1. The predicted octanol–water partition coefficient (Wildman–Crippen LogP) is 4.20. The Labute approximate surface area is 172 Å². The fraction of sp³-hybridized carbons (Fsp3) is 0.346. The number of aliphatic hydroxyl groups is 1. The Hall–Kier alpha value is -2.49. The van der Waals surface area contributed by atoms with Crippen molar-refractivity contribution < 1.29 is 5.11 Å². The van der Waals surface area contributed by atoms with Crippen molar-refractivity contribution in [1.82, 2.24) is 9.88 Å². The number of nitrogens with zero attached hydrogens (tertiary/aromatic N) is 2. The monoisotopic (exact) mass is 382 g/mol. The van der Waals surface area contributed by atoms with Crippen molar-refractivity contribution in [2.75, 3.05) is 19.6 Å². The molecule has 1 saturated heterocycles. The molecule has 0 saturated carbocycles. The first kappa shape index (κ1) is 17.4. The molecule has 0 spiro atoms. The highest BCUT2D eigenvalue weighted by molar-refractivity contribution is 5.62. The van der Waals surface area contributed by atoms with Crippen LogP contribution in [0.15, 0.2) is 73.1 Å². The minimum atomic E-state index is -0.744. The number of fused-ring (bicyclic) bond motifs is 8. The summed E-state index contributed by atoms with van der Waals surface area (Å²) in [4.78, 5) is 6.79. The molecule has 1 aliphatic heterocycles. The van der Waals surface area contributed by atoms with Crippen molar-refractivity contribution in [2.24, 2.45) is 0 Å². The highest BCUT2D eigenvalue weighted by atomic mass is 16.3. The molecule has 1 aromatic heterocycles. The molecule has 2 aliphatic carbocycles. The van der Waals surface area contributed by atoms with Gasteiger partial charge < -0.3 is 10.0 Å². The molecule has 29 heavy (non-hydrogen) atoms. The first-order valence-corrected chi connectivity index (χ1v) is 10.7. The number of pyridine rings is 1. The Balaban J connectivity index is 1.30. The van der Waals surface area contributed by atoms with E-state index in [9.17, 15) is 5.11 Å². The molecule has 2 bridgehead atoms. The summed E-state index contributed by atoms with van der Waals surface area (Å²) in [6.45, 7) is 2.88. The molecular weight excluding hydrogens is 356 g/mol. The molecule has 0 unspecified atom stereocenters. The number of rotatable bonds is 3. The topological polar surface area (TPSA) is 36.4 Å². The van der Waals surface area contributed by atoms with Gasteiger partial charge >= 0.3 is 0 Å². The first-order valence-electron chi connectivity index (χ1n) is 10.7. The van der Waals surface area contributed by atoms with Crippen LogP contribution in [0.25, 0.3) is 0 Å². The van der Waals surface area contributed by atoms with E-state index >= 15 is 0 Å². The zero-order valence-electron chi connectivity index (χ0n) is 16.6. The minimum Gasteiger partial charge on any atom is -0.385 e. The maximum absolute atomic E-state index is 11.2. The largest absolute Gasteiger partial charge is 0.385 e. The molecule has 3 aliphatic rings. The number of hydrogen-bond acceptors (Lipinski definition) is 3. The normalized spacial score (nSPS) is 26.9. The van der Waals surface area contributed by atoms with Gasteiger partial charge in [-0.25, -0.2) is 0 Å². The van der Waals surface area contributed by atoms with Crippen LogP contribution >= 0.6 is 0 Å². The minimum absolute atomic E-state index is 0.0988. The molecular formula is C26H26N2O. The van der Waals surface area contributed by atoms with E-state index in [1.165, 1.54) is 28.7 Å². The molecule has 3 aromatic rings. The van der Waals surface area contributed by atoms with Gasteiger partial charge in [-0.2, -0.15) is 0 Å². The quantitative estimate of drug-likeness (QED) is 0.738. The van der Waals surface area contributed by atoms with Crippen LogP contribution in [0.5, 0.6) is 0 Å². The van der Waals surface area contributed by atoms with Crippen LogP contribution < -0.4 is 0 Å². The smallest absolute Gasteiger partial charge is 0.0935 e. The van der Waals surface area contributed by atoms with Crippen molar-refractivity contribution >= 4 is 0 Å². The number of piperidine rings is 1. The molecule has 3 heteroatoms. The third kappa shape index (κ3) is 2.47. The van der Waals surface area contributed by atoms with E-state index in [0.717, 1.165) is 38.0 Å². The summed E-state index contributed by atoms with van der Waals surface area (Å²) in [6, 6.07) is 22.0. The SMILES string of the molecule is OC1(c2cccnc2)CCN(CC23CC(c4ccccc42)c2ccccc23)CC1. The fourth-order valence-corrected chi connectivity index (χ4v) is 6.20. The van der Waals surface area contributed by atoms with Crippen molar-refractivity contribution in [3.63, 3.8) is 0 Å². The summed E-state index contributed by atoms with van der Waals surface area (Å²) in [5, 5.41) is 11.2. The summed E-state index contributed by atoms with van der Waals surface area (Å²) in [5.41, 5.74) is 6.40. The average molecular weight is 383 g/mol. The van der Waals surface area contributed by atoms with Gasteiger partial charge in [0.1, 0.15) is 0 Å². The maximum Gasteiger partial charge on any atom is 0.0935 e. The van der Waals surface area contributed by atoms with Gasteiger partial charge in [-0.1, -0.05) is 54.6 Å². The van der Waals surface area contributed by atoms with Gasteiger partial charge in [0, 0.05) is 48.9 Å². The van der Waals surface area contributed by atoms with Gasteiger partial charge in [0.25, 0.3) is 0 Å². The van der Waals surface area contributed by atoms with E-state index in [0.29, 0.717) is 5.92 Å². The van der Waals surface area contributed by atoms with Crippen molar-refractivity contribution in [3.8, 4) is 0 Å². The second-order valence-corrected chi connectivity index (χ2v) is 9.06. The maximum atomic E-state index is 11.2. The molecule has 1 N–H and O–H groups in total. The summed E-state index contributed by atoms with van der Waals surface area (Å²) in [7, 11) is 0. The van der Waals surface area contributed by atoms with Crippen LogP contribution in [-0.2, 0) is 11.0 Å². The molecule has 1 fully saturated rings. The third-order valence-corrected chi connectivity index (χ3v) is 7.63. The van der Waals surface area contributed by atoms with Gasteiger partial charge in [0.15, 0.2) is 0 Å². The third-order valence-electron chi connectivity index (χ3n) is 7.63. The fourth-order valence-electron chi connectivity index (χ4n) is 6.20. The Kier molecular flexibility index (Phi) is 3.75. The highest BCUT2D eigenvalue weighted by Crippen LogP contribution is 2.60. The zero-order valence-corrected chi connectivity index (χ0v) is 16.6. The summed E-state index contributed by atoms with van der Waals surface area (Å²) >= 11 is 0. The van der Waals surface area contributed by atoms with E-state index in [4.69, 9.17) is 0 Å². The van der Waals surface area contributed by atoms with Crippen LogP contribution in [0.2, 0.25) is 0 Å². The summed E-state index contributed by atoms with van der Waals surface area (Å²) in [5.74, 6) is 0.541. The Morgan fingerprint density at radius 3 is 2.17 bits per heavy atom. The lowest BCUT2D eigenvalue weighted by Gasteiger charge is -2.42. The van der Waals surface area contributed by atoms with Crippen LogP contribution in [0, 0.1) is 0 Å². The van der Waals surface area contributed by atoms with Crippen LogP contribution in [-0.4, -0.2) is 34.6 Å². The van der Waals surface area contributed by atoms with E-state index in [2.05, 4.69) is 58.4 Å². The van der Waals surface area contributed by atoms with Crippen LogP contribution in [0.3, 0.4) is 0 Å². The van der Waals surface area contributed by atoms with Crippen LogP contribution in [0.4, 0.5) is 0 Å². The lowest BCUT2D eigenvalue weighted by molar-refractivity contribution is -0.0291. The number of likely N-dealkylation sites (tertiary alicyclic amines) is 1. The standard InChI is InChI=1S/C26H26N2O/c29-26(19-6-5-13-27-17-19)11-14-28(15-12-26)18-25-16-22(20-7-1-3-9-23(20)25)21-8-2-4-10-24(21)25/h1-10,13,17,22,29H,11-12,14-16,18H2. The molecule has 6 rings (SSSR count). The van der Waals surface area contributed by atoms with Crippen LogP contribution in [0.1, 0.15) is 53.0 Å². The van der Waals surface area contributed by atoms with E-state index < -0.39 is 5.60 Å². The van der Waals surface area contributed by atoms with Gasteiger partial charge in [-0.15, -0.1) is 0 Å². The highest BCUT2D eigenvalue weighted by Gasteiger charge is 2.53. The molecule has 146 valence electrons. The summed E-state index contributed by atoms with van der Waals surface area (Å²) in [6.07, 6.45) is 6.31. The van der Waals surface area contributed by atoms with E-state index in [-0.39, 0.29) is 5.41 Å². The van der Waals surface area contributed by atoms with Crippen molar-refractivity contribution in [2.45, 2.75) is 36.2 Å². The van der Waals surface area contributed by atoms with Gasteiger partial charge in [0.05, 0.1) is 5.60 Å². The first-order chi connectivity index (χ1) is 14.2. The lowest BCUT2D eigenvalue weighted by Crippen LogP contribution is -2.47. The van der Waals surface area contributed by atoms with Gasteiger partial charge in [0.2, 0.25) is 0 Å². The Morgan fingerprint density at radius 2 is 1.55 bits per heavy atom. The second-order valence-electron chi connectivity index (χ2n) is 9.06. The van der Waals surface area contributed by atoms with Crippen molar-refractivity contribution in [3.05, 3.63) is 101 Å². The second kappa shape index (κ2) is 6.25. The number of aromatic nitrogens is 1. The molecule has 2 heterocycles. The molecule has 0 amide bonds. The van der Waals surface area contributed by atoms with Gasteiger partial charge in [-0.3, -0.25) is 4.98 Å². The molecule has 0 atom stereocenters. The predicted molar refractivity (Wildman–Crippen MR) is 114 cm³/mol. The van der Waals surface area contributed by atoms with Gasteiger partial charge in [-0.05, 0) is 47.6 Å². The average Bonchev–Trinajstić information content (AvgIpc) is 3.29. The lowest BCUT2D eigenvalue weighted by atomic mass is 9.74. The zero-order chi connectivity index (χ0) is 19.5.